The molecule has 1 aliphatic rings. The van der Waals surface area contributed by atoms with E-state index in [4.69, 9.17) is 21.1 Å². The standard InChI is InChI=1S/C20H20ClFN2O4/c1-27-17-10-14(20(26)24-7-3-4-8-24)16(11-18(17)28-2)23-19(25)13-9-12(21)5-6-15(13)22/h5-6,9-11H,3-4,7-8H2,1-2H3,(H,23,25). The Kier molecular flexibility index (Phi) is 6.04. The van der Waals surface area contributed by atoms with Gasteiger partial charge in [0.05, 0.1) is 31.0 Å². The van der Waals surface area contributed by atoms with Crippen molar-refractivity contribution >= 4 is 29.1 Å². The molecule has 0 unspecified atom stereocenters. The second-order valence-corrected chi connectivity index (χ2v) is 6.77. The Labute approximate surface area is 167 Å². The summed E-state index contributed by atoms with van der Waals surface area (Å²) in [7, 11) is 2.91. The molecule has 1 aliphatic heterocycles. The van der Waals surface area contributed by atoms with E-state index in [-0.39, 0.29) is 27.7 Å². The maximum absolute atomic E-state index is 14.1. The highest BCUT2D eigenvalue weighted by molar-refractivity contribution is 6.31. The molecule has 0 aromatic heterocycles. The van der Waals surface area contributed by atoms with Crippen molar-refractivity contribution in [1.82, 2.24) is 4.90 Å². The fourth-order valence-corrected chi connectivity index (χ4v) is 3.28. The third-order valence-electron chi connectivity index (χ3n) is 4.57. The topological polar surface area (TPSA) is 67.9 Å². The van der Waals surface area contributed by atoms with Gasteiger partial charge in [-0.3, -0.25) is 9.59 Å². The number of carbonyl (C=O) groups is 2. The van der Waals surface area contributed by atoms with E-state index >= 15 is 0 Å². The van der Waals surface area contributed by atoms with Crippen molar-refractivity contribution in [2.24, 2.45) is 0 Å². The Bertz CT molecular complexity index is 913. The Morgan fingerprint density at radius 2 is 1.68 bits per heavy atom. The van der Waals surface area contributed by atoms with Gasteiger partial charge in [-0.1, -0.05) is 11.6 Å². The van der Waals surface area contributed by atoms with E-state index in [9.17, 15) is 14.0 Å². The molecule has 0 bridgehead atoms. The van der Waals surface area contributed by atoms with Crippen LogP contribution in [0.25, 0.3) is 0 Å². The van der Waals surface area contributed by atoms with E-state index in [2.05, 4.69) is 5.32 Å². The van der Waals surface area contributed by atoms with Crippen LogP contribution in [0.5, 0.6) is 11.5 Å². The monoisotopic (exact) mass is 406 g/mol. The summed E-state index contributed by atoms with van der Waals surface area (Å²) in [4.78, 5) is 27.3. The predicted molar refractivity (Wildman–Crippen MR) is 104 cm³/mol. The average molecular weight is 407 g/mol. The quantitative estimate of drug-likeness (QED) is 0.815. The number of anilines is 1. The molecule has 0 radical (unpaired) electrons. The SMILES string of the molecule is COc1cc(NC(=O)c2cc(Cl)ccc2F)c(C(=O)N2CCCC2)cc1OC. The zero-order chi connectivity index (χ0) is 20.3. The molecule has 28 heavy (non-hydrogen) atoms. The number of benzene rings is 2. The summed E-state index contributed by atoms with van der Waals surface area (Å²) >= 11 is 5.87. The van der Waals surface area contributed by atoms with Crippen LogP contribution >= 0.6 is 11.6 Å². The molecule has 6 nitrogen and oxygen atoms in total. The van der Waals surface area contributed by atoms with E-state index in [1.54, 1.807) is 4.90 Å². The lowest BCUT2D eigenvalue weighted by atomic mass is 10.1. The van der Waals surface area contributed by atoms with Gasteiger partial charge in [-0.2, -0.15) is 0 Å². The zero-order valence-electron chi connectivity index (χ0n) is 15.6. The normalized spacial score (nSPS) is 13.4. The second-order valence-electron chi connectivity index (χ2n) is 6.33. The first-order valence-electron chi connectivity index (χ1n) is 8.76. The minimum absolute atomic E-state index is 0.207. The van der Waals surface area contributed by atoms with Gasteiger partial charge >= 0.3 is 0 Å². The number of rotatable bonds is 5. The molecule has 0 spiro atoms. The Hall–Kier alpha value is -2.80. The van der Waals surface area contributed by atoms with Gasteiger partial charge in [-0.15, -0.1) is 0 Å². The average Bonchev–Trinajstić information content (AvgIpc) is 3.23. The predicted octanol–water partition coefficient (Wildman–Crippen LogP) is 3.98. The number of ether oxygens (including phenoxy) is 2. The first-order valence-corrected chi connectivity index (χ1v) is 9.14. The maximum Gasteiger partial charge on any atom is 0.258 e. The smallest absolute Gasteiger partial charge is 0.258 e. The molecule has 1 saturated heterocycles. The van der Waals surface area contributed by atoms with Crippen LogP contribution in [-0.2, 0) is 0 Å². The van der Waals surface area contributed by atoms with Crippen LogP contribution in [0.3, 0.4) is 0 Å². The van der Waals surface area contributed by atoms with Crippen molar-refractivity contribution in [3.8, 4) is 11.5 Å². The van der Waals surface area contributed by atoms with Gasteiger partial charge in [0.1, 0.15) is 5.82 Å². The first kappa shape index (κ1) is 19.9. The number of nitrogens with zero attached hydrogens (tertiary/aromatic N) is 1. The van der Waals surface area contributed by atoms with Crippen LogP contribution in [0.2, 0.25) is 5.02 Å². The summed E-state index contributed by atoms with van der Waals surface area (Å²) in [5.74, 6) is -0.975. The Morgan fingerprint density at radius 3 is 2.32 bits per heavy atom. The summed E-state index contributed by atoms with van der Waals surface area (Å²) in [6.07, 6.45) is 1.85. The van der Waals surface area contributed by atoms with E-state index in [1.165, 1.54) is 38.5 Å². The molecule has 2 aromatic rings. The minimum Gasteiger partial charge on any atom is -0.493 e. The number of likely N-dealkylation sites (tertiary alicyclic amines) is 1. The van der Waals surface area contributed by atoms with Crippen molar-refractivity contribution in [1.29, 1.82) is 0 Å². The van der Waals surface area contributed by atoms with E-state index < -0.39 is 11.7 Å². The van der Waals surface area contributed by atoms with Crippen LogP contribution < -0.4 is 14.8 Å². The van der Waals surface area contributed by atoms with E-state index in [0.717, 1.165) is 18.9 Å². The fourth-order valence-electron chi connectivity index (χ4n) is 3.11. The summed E-state index contributed by atoms with van der Waals surface area (Å²) < 4.78 is 24.6. The van der Waals surface area contributed by atoms with Crippen molar-refractivity contribution in [2.45, 2.75) is 12.8 Å². The molecule has 148 valence electrons. The summed E-state index contributed by atoms with van der Waals surface area (Å²) in [5, 5.41) is 2.83. The number of amides is 2. The number of halogens is 2. The third kappa shape index (κ3) is 4.04. The molecule has 0 aliphatic carbocycles. The lowest BCUT2D eigenvalue weighted by Crippen LogP contribution is -2.29. The molecule has 1 heterocycles. The lowest BCUT2D eigenvalue weighted by Gasteiger charge is -2.20. The number of nitrogens with one attached hydrogen (secondary N) is 1. The third-order valence-corrected chi connectivity index (χ3v) is 4.80. The maximum atomic E-state index is 14.1. The summed E-state index contributed by atoms with van der Waals surface area (Å²) in [6, 6.07) is 6.70. The van der Waals surface area contributed by atoms with Gasteiger partial charge in [0, 0.05) is 24.2 Å². The van der Waals surface area contributed by atoms with Crippen molar-refractivity contribution < 1.29 is 23.5 Å². The molecule has 0 atom stereocenters. The number of hydrogen-bond donors (Lipinski definition) is 1. The molecule has 3 rings (SSSR count). The largest absolute Gasteiger partial charge is 0.493 e. The minimum atomic E-state index is -0.720. The highest BCUT2D eigenvalue weighted by Crippen LogP contribution is 2.35. The van der Waals surface area contributed by atoms with Gasteiger partial charge in [-0.05, 0) is 37.1 Å². The van der Waals surface area contributed by atoms with Crippen LogP contribution in [0, 0.1) is 5.82 Å². The fraction of sp³-hybridized carbons (Fsp3) is 0.300. The second kappa shape index (κ2) is 8.48. The van der Waals surface area contributed by atoms with Gasteiger partial charge in [0.25, 0.3) is 11.8 Å². The molecule has 2 amide bonds. The van der Waals surface area contributed by atoms with E-state index in [1.807, 2.05) is 0 Å². The van der Waals surface area contributed by atoms with Crippen LogP contribution in [-0.4, -0.2) is 44.0 Å². The number of hydrogen-bond acceptors (Lipinski definition) is 4. The van der Waals surface area contributed by atoms with Gasteiger partial charge in [-0.25, -0.2) is 4.39 Å². The number of carbonyl (C=O) groups excluding carboxylic acids is 2. The van der Waals surface area contributed by atoms with E-state index in [0.29, 0.717) is 24.6 Å². The van der Waals surface area contributed by atoms with Gasteiger partial charge < -0.3 is 19.7 Å². The molecule has 1 N–H and O–H groups in total. The molecular formula is C20H20ClFN2O4. The van der Waals surface area contributed by atoms with Crippen LogP contribution in [0.15, 0.2) is 30.3 Å². The molecule has 1 fully saturated rings. The molecular weight excluding hydrogens is 387 g/mol. The van der Waals surface area contributed by atoms with Crippen molar-refractivity contribution in [2.75, 3.05) is 32.6 Å². The first-order chi connectivity index (χ1) is 13.4. The van der Waals surface area contributed by atoms with Gasteiger partial charge in [0.2, 0.25) is 0 Å². The number of methoxy groups -OCH3 is 2. The molecule has 0 saturated carbocycles. The van der Waals surface area contributed by atoms with Crippen LogP contribution in [0.1, 0.15) is 33.6 Å². The van der Waals surface area contributed by atoms with Gasteiger partial charge in [0.15, 0.2) is 11.5 Å². The summed E-state index contributed by atoms with van der Waals surface area (Å²) in [5.41, 5.74) is 0.233. The summed E-state index contributed by atoms with van der Waals surface area (Å²) in [6.45, 7) is 1.28. The molecule has 2 aromatic carbocycles. The highest BCUT2D eigenvalue weighted by Gasteiger charge is 2.25. The lowest BCUT2D eigenvalue weighted by molar-refractivity contribution is 0.0793. The Morgan fingerprint density at radius 1 is 1.04 bits per heavy atom. The van der Waals surface area contributed by atoms with Crippen molar-refractivity contribution in [3.05, 3.63) is 52.3 Å². The Balaban J connectivity index is 2.01. The highest BCUT2D eigenvalue weighted by atomic mass is 35.5. The van der Waals surface area contributed by atoms with Crippen molar-refractivity contribution in [3.63, 3.8) is 0 Å². The zero-order valence-corrected chi connectivity index (χ0v) is 16.3. The molecule has 8 heteroatoms. The van der Waals surface area contributed by atoms with Crippen LogP contribution in [0.4, 0.5) is 10.1 Å².